The third-order valence-electron chi connectivity index (χ3n) is 5.54. The van der Waals surface area contributed by atoms with Crippen LogP contribution >= 0.6 is 0 Å². The average molecular weight is 405 g/mol. The number of carbonyl (C=O) groups is 1. The molecule has 3 aromatic carbocycles. The first-order valence-corrected chi connectivity index (χ1v) is 10.1. The minimum absolute atomic E-state index is 0.0443. The number of nitrogens with one attached hydrogen (secondary N) is 1. The lowest BCUT2D eigenvalue weighted by molar-refractivity contribution is 0.143. The summed E-state index contributed by atoms with van der Waals surface area (Å²) in [7, 11) is 3.29. The zero-order chi connectivity index (χ0) is 20.9. The molecular formula is C24H27N3O3. The summed E-state index contributed by atoms with van der Waals surface area (Å²) in [6, 6.07) is 20.0. The van der Waals surface area contributed by atoms with Gasteiger partial charge in [0.05, 0.1) is 19.9 Å². The fourth-order valence-electron chi connectivity index (χ4n) is 3.87. The maximum absolute atomic E-state index is 12.8. The summed E-state index contributed by atoms with van der Waals surface area (Å²) in [4.78, 5) is 17.0. The van der Waals surface area contributed by atoms with Crippen LogP contribution in [-0.4, -0.2) is 56.2 Å². The van der Waals surface area contributed by atoms with Gasteiger partial charge in [0.1, 0.15) is 0 Å². The van der Waals surface area contributed by atoms with Gasteiger partial charge >= 0.3 is 6.03 Å². The Balaban J connectivity index is 1.34. The van der Waals surface area contributed by atoms with Gasteiger partial charge in [-0.3, -0.25) is 4.90 Å². The minimum Gasteiger partial charge on any atom is -0.493 e. The number of amides is 2. The predicted molar refractivity (Wildman–Crippen MR) is 119 cm³/mol. The molecule has 1 heterocycles. The first-order valence-electron chi connectivity index (χ1n) is 10.1. The average Bonchev–Trinajstić information content (AvgIpc) is 2.79. The van der Waals surface area contributed by atoms with Crippen molar-refractivity contribution >= 4 is 22.5 Å². The highest BCUT2D eigenvalue weighted by atomic mass is 16.5. The molecule has 1 N–H and O–H groups in total. The van der Waals surface area contributed by atoms with E-state index in [9.17, 15) is 4.79 Å². The molecule has 0 atom stereocenters. The van der Waals surface area contributed by atoms with E-state index in [0.29, 0.717) is 13.1 Å². The monoisotopic (exact) mass is 405 g/mol. The van der Waals surface area contributed by atoms with E-state index in [2.05, 4.69) is 28.4 Å². The van der Waals surface area contributed by atoms with E-state index in [-0.39, 0.29) is 6.03 Å². The largest absolute Gasteiger partial charge is 0.493 e. The number of fused-ring (bicyclic) bond motifs is 1. The summed E-state index contributed by atoms with van der Waals surface area (Å²) < 4.78 is 10.7. The van der Waals surface area contributed by atoms with Crippen molar-refractivity contribution in [3.63, 3.8) is 0 Å². The summed E-state index contributed by atoms with van der Waals surface area (Å²) in [5.74, 6) is 1.47. The van der Waals surface area contributed by atoms with Crippen molar-refractivity contribution < 1.29 is 14.3 Å². The van der Waals surface area contributed by atoms with E-state index < -0.39 is 0 Å². The molecule has 1 saturated heterocycles. The molecule has 6 nitrogen and oxygen atoms in total. The molecule has 0 aromatic heterocycles. The maximum Gasteiger partial charge on any atom is 0.321 e. The second-order valence-corrected chi connectivity index (χ2v) is 7.41. The van der Waals surface area contributed by atoms with Gasteiger partial charge in [0.25, 0.3) is 0 Å². The van der Waals surface area contributed by atoms with E-state index in [1.54, 1.807) is 14.2 Å². The fraction of sp³-hybridized carbons (Fsp3) is 0.292. The van der Waals surface area contributed by atoms with Crippen LogP contribution in [0.25, 0.3) is 10.8 Å². The molecule has 0 radical (unpaired) electrons. The van der Waals surface area contributed by atoms with Crippen LogP contribution in [0.1, 0.15) is 5.56 Å². The van der Waals surface area contributed by atoms with Crippen molar-refractivity contribution in [1.82, 2.24) is 9.80 Å². The number of piperazine rings is 1. The molecule has 0 bridgehead atoms. The van der Waals surface area contributed by atoms with Crippen molar-refractivity contribution in [2.24, 2.45) is 0 Å². The predicted octanol–water partition coefficient (Wildman–Crippen LogP) is 4.21. The zero-order valence-corrected chi connectivity index (χ0v) is 17.4. The number of ether oxygens (including phenoxy) is 2. The summed E-state index contributed by atoms with van der Waals surface area (Å²) in [6.07, 6.45) is 0. The zero-order valence-electron chi connectivity index (χ0n) is 17.4. The van der Waals surface area contributed by atoms with Gasteiger partial charge in [-0.15, -0.1) is 0 Å². The highest BCUT2D eigenvalue weighted by Crippen LogP contribution is 2.28. The topological polar surface area (TPSA) is 54.0 Å². The fourth-order valence-corrected chi connectivity index (χ4v) is 3.87. The Morgan fingerprint density at radius 1 is 0.900 bits per heavy atom. The van der Waals surface area contributed by atoms with Crippen LogP contribution in [0, 0.1) is 0 Å². The second kappa shape index (κ2) is 9.05. The molecule has 0 saturated carbocycles. The standard InChI is InChI=1S/C24H27N3O3/c1-29-22-11-10-18(16-23(22)30-2)17-26-12-14-27(15-13-26)24(28)25-21-9-5-7-19-6-3-4-8-20(19)21/h3-11,16H,12-15,17H2,1-2H3,(H,25,28). The number of urea groups is 1. The van der Waals surface area contributed by atoms with Crippen molar-refractivity contribution in [3.8, 4) is 11.5 Å². The lowest BCUT2D eigenvalue weighted by Gasteiger charge is -2.34. The molecule has 156 valence electrons. The van der Waals surface area contributed by atoms with E-state index in [1.165, 1.54) is 5.56 Å². The lowest BCUT2D eigenvalue weighted by atomic mass is 10.1. The van der Waals surface area contributed by atoms with Crippen LogP contribution < -0.4 is 14.8 Å². The highest BCUT2D eigenvalue weighted by Gasteiger charge is 2.22. The van der Waals surface area contributed by atoms with E-state index in [0.717, 1.165) is 47.6 Å². The molecule has 2 amide bonds. The lowest BCUT2D eigenvalue weighted by Crippen LogP contribution is -2.49. The third kappa shape index (κ3) is 4.33. The van der Waals surface area contributed by atoms with E-state index >= 15 is 0 Å². The summed E-state index contributed by atoms with van der Waals surface area (Å²) >= 11 is 0. The molecule has 0 spiro atoms. The molecule has 0 unspecified atom stereocenters. The van der Waals surface area contributed by atoms with Crippen LogP contribution in [0.3, 0.4) is 0 Å². The Labute approximate surface area is 177 Å². The highest BCUT2D eigenvalue weighted by molar-refractivity contribution is 6.01. The normalized spacial score (nSPS) is 14.5. The number of rotatable bonds is 5. The number of methoxy groups -OCH3 is 2. The molecule has 1 aliphatic heterocycles. The molecule has 1 aliphatic rings. The third-order valence-corrected chi connectivity index (χ3v) is 5.54. The SMILES string of the molecule is COc1ccc(CN2CCN(C(=O)Nc3cccc4ccccc34)CC2)cc1OC. The van der Waals surface area contributed by atoms with Gasteiger partial charge in [0.15, 0.2) is 11.5 Å². The summed E-state index contributed by atoms with van der Waals surface area (Å²) in [5.41, 5.74) is 2.02. The Kier molecular flexibility index (Phi) is 6.05. The Bertz CT molecular complexity index is 1020. The smallest absolute Gasteiger partial charge is 0.321 e. The number of hydrogen-bond acceptors (Lipinski definition) is 4. The van der Waals surface area contributed by atoms with E-state index in [4.69, 9.17) is 9.47 Å². The number of benzene rings is 3. The molecule has 30 heavy (non-hydrogen) atoms. The van der Waals surface area contributed by atoms with Gasteiger partial charge < -0.3 is 19.7 Å². The quantitative estimate of drug-likeness (QED) is 0.691. The van der Waals surface area contributed by atoms with Gasteiger partial charge in [-0.2, -0.15) is 0 Å². The maximum atomic E-state index is 12.8. The van der Waals surface area contributed by atoms with Crippen molar-refractivity contribution in [3.05, 3.63) is 66.2 Å². The van der Waals surface area contributed by atoms with Crippen molar-refractivity contribution in [2.45, 2.75) is 6.54 Å². The Hall–Kier alpha value is -3.25. The van der Waals surface area contributed by atoms with E-state index in [1.807, 2.05) is 47.4 Å². The number of anilines is 1. The van der Waals surface area contributed by atoms with Crippen molar-refractivity contribution in [1.29, 1.82) is 0 Å². The van der Waals surface area contributed by atoms with Gasteiger partial charge in [-0.1, -0.05) is 42.5 Å². The number of carbonyl (C=O) groups excluding carboxylic acids is 1. The molecular weight excluding hydrogens is 378 g/mol. The Morgan fingerprint density at radius 3 is 2.40 bits per heavy atom. The molecule has 1 fully saturated rings. The first kappa shape index (κ1) is 20.0. The molecule has 0 aliphatic carbocycles. The molecule has 6 heteroatoms. The van der Waals surface area contributed by atoms with Crippen LogP contribution in [-0.2, 0) is 6.54 Å². The molecule has 4 rings (SSSR count). The number of hydrogen-bond donors (Lipinski definition) is 1. The number of nitrogens with zero attached hydrogens (tertiary/aromatic N) is 2. The van der Waals surface area contributed by atoms with Gasteiger partial charge in [0.2, 0.25) is 0 Å². The van der Waals surface area contributed by atoms with Gasteiger partial charge in [-0.25, -0.2) is 4.79 Å². The van der Waals surface area contributed by atoms with Crippen LogP contribution in [0.5, 0.6) is 11.5 Å². The molecule has 3 aromatic rings. The van der Waals surface area contributed by atoms with Crippen molar-refractivity contribution in [2.75, 3.05) is 45.7 Å². The van der Waals surface area contributed by atoms with Gasteiger partial charge in [-0.05, 0) is 29.1 Å². The van der Waals surface area contributed by atoms with Crippen LogP contribution in [0.4, 0.5) is 10.5 Å². The van der Waals surface area contributed by atoms with Crippen LogP contribution in [0.2, 0.25) is 0 Å². The second-order valence-electron chi connectivity index (χ2n) is 7.41. The van der Waals surface area contributed by atoms with Crippen LogP contribution in [0.15, 0.2) is 60.7 Å². The van der Waals surface area contributed by atoms with Gasteiger partial charge in [0, 0.05) is 38.1 Å². The summed E-state index contributed by atoms with van der Waals surface area (Å²) in [6.45, 7) is 3.88. The first-order chi connectivity index (χ1) is 14.7. The Morgan fingerprint density at radius 2 is 1.63 bits per heavy atom. The summed E-state index contributed by atoms with van der Waals surface area (Å²) in [5, 5.41) is 5.26. The minimum atomic E-state index is -0.0443.